The predicted octanol–water partition coefficient (Wildman–Crippen LogP) is 8.26. The first-order valence-corrected chi connectivity index (χ1v) is 21.8. The normalized spacial score (nSPS) is 19.2. The number of fused-ring (bicyclic) bond motifs is 3. The minimum Gasteiger partial charge on any atom is -0.376 e. The second-order valence-corrected chi connectivity index (χ2v) is 18.6. The summed E-state index contributed by atoms with van der Waals surface area (Å²) in [5.41, 5.74) is 8.31. The van der Waals surface area contributed by atoms with Gasteiger partial charge in [0.1, 0.15) is 17.8 Å². The van der Waals surface area contributed by atoms with Crippen LogP contribution in [0.2, 0.25) is 0 Å². The van der Waals surface area contributed by atoms with Crippen LogP contribution < -0.4 is 5.76 Å². The first-order valence-electron chi connectivity index (χ1n) is 21.8. The molecule has 6 aromatic heterocycles. The molecule has 2 aromatic carbocycles. The molecule has 0 unspecified atom stereocenters. The van der Waals surface area contributed by atoms with Gasteiger partial charge in [-0.1, -0.05) is 5.16 Å². The van der Waals surface area contributed by atoms with Crippen molar-refractivity contribution in [1.82, 2.24) is 48.6 Å². The monoisotopic (exact) mass is 866 g/mol. The van der Waals surface area contributed by atoms with Crippen molar-refractivity contribution in [1.29, 1.82) is 0 Å². The highest BCUT2D eigenvalue weighted by atomic mass is 19.1. The summed E-state index contributed by atoms with van der Waals surface area (Å²) in [7, 11) is 1.77. The van der Waals surface area contributed by atoms with E-state index in [9.17, 15) is 4.79 Å². The van der Waals surface area contributed by atoms with Crippen molar-refractivity contribution >= 4 is 22.3 Å². The van der Waals surface area contributed by atoms with E-state index in [1.165, 1.54) is 11.8 Å². The third-order valence-corrected chi connectivity index (χ3v) is 14.0. The highest BCUT2D eigenvalue weighted by molar-refractivity contribution is 5.98. The van der Waals surface area contributed by atoms with E-state index in [1.807, 2.05) is 37.1 Å². The summed E-state index contributed by atoms with van der Waals surface area (Å²) in [4.78, 5) is 37.5. The molecule has 1 saturated carbocycles. The first-order chi connectivity index (χ1) is 30.6. The topological polar surface area (TPSA) is 146 Å². The van der Waals surface area contributed by atoms with Gasteiger partial charge in [0.05, 0.1) is 62.5 Å². The molecule has 8 aromatic rings. The molecule has 3 aliphatic rings. The quantitative estimate of drug-likeness (QED) is 0.169. The number of H-pyrrole nitrogens is 1. The molecule has 16 heteroatoms. The molecular formula is C48H48F2N10O4. The number of carbonyl (C=O) groups is 1. The first kappa shape index (κ1) is 40.1. The molecular weight excluding hydrogens is 819 g/mol. The van der Waals surface area contributed by atoms with Crippen LogP contribution in [0.15, 0.2) is 70.5 Å². The van der Waals surface area contributed by atoms with Gasteiger partial charge in [0.15, 0.2) is 11.6 Å². The fraction of sp³-hybridized carbons (Fsp3) is 0.375. The third-order valence-electron chi connectivity index (χ3n) is 14.0. The Morgan fingerprint density at radius 3 is 2.52 bits per heavy atom. The summed E-state index contributed by atoms with van der Waals surface area (Å²) < 4.78 is 49.7. The molecule has 8 heterocycles. The number of carbonyl (C=O) groups excluding carboxylic acids is 1. The zero-order valence-electron chi connectivity index (χ0n) is 36.8. The summed E-state index contributed by atoms with van der Waals surface area (Å²) in [5.74, 6) is -0.856. The van der Waals surface area contributed by atoms with Crippen LogP contribution in [0.5, 0.6) is 0 Å². The Balaban J connectivity index is 1.05. The highest BCUT2D eigenvalue weighted by Crippen LogP contribution is 2.54. The van der Waals surface area contributed by atoms with E-state index in [0.717, 1.165) is 35.3 Å². The van der Waals surface area contributed by atoms with Crippen molar-refractivity contribution in [2.75, 3.05) is 13.2 Å². The van der Waals surface area contributed by atoms with Crippen LogP contribution >= 0.6 is 0 Å². The van der Waals surface area contributed by atoms with Gasteiger partial charge in [0.2, 0.25) is 0 Å². The van der Waals surface area contributed by atoms with Crippen LogP contribution in [-0.2, 0) is 23.6 Å². The largest absolute Gasteiger partial charge is 0.438 e. The number of hydrogen-bond acceptors (Lipinski definition) is 8. The number of halogens is 2. The zero-order valence-corrected chi connectivity index (χ0v) is 36.8. The number of aryl methyl sites for hydroxylation is 3. The standard InChI is InChI=1S/C48H48F2N10O4/c1-25-18-32(19-26(2)39(25)49)60-42(41-28(4)59(24-51-41)37-9-8-36-34(40(37)50)23-52-56(36)7)38-27(3)57(16-11-35(38)54-60)44(61)33-21-31-20-29(30-12-17-63-47(5,6)22-30)10-15-58(31)43(33)48(13-14-48)45-53-46(62)64-55-45/h8-10,15,18-21,23-24,27,30H,11-14,16-17,22H2,1-7H3,(H,53,55,62)/t27-,30-/m0/s1. The Kier molecular flexibility index (Phi) is 8.88. The van der Waals surface area contributed by atoms with Gasteiger partial charge in [0, 0.05) is 55.3 Å². The fourth-order valence-electron chi connectivity index (χ4n) is 10.6. The van der Waals surface area contributed by atoms with Crippen molar-refractivity contribution in [3.8, 4) is 22.8 Å². The van der Waals surface area contributed by atoms with Crippen molar-refractivity contribution in [3.05, 3.63) is 134 Å². The van der Waals surface area contributed by atoms with E-state index >= 15 is 13.6 Å². The lowest BCUT2D eigenvalue weighted by atomic mass is 9.84. The smallest absolute Gasteiger partial charge is 0.376 e. The van der Waals surface area contributed by atoms with Gasteiger partial charge >= 0.3 is 5.76 Å². The third kappa shape index (κ3) is 6.05. The maximum atomic E-state index is 16.2. The molecule has 1 saturated heterocycles. The molecule has 64 heavy (non-hydrogen) atoms. The number of pyridine rings is 1. The average Bonchev–Trinajstić information content (AvgIpc) is 3.72. The Labute approximate surface area is 366 Å². The van der Waals surface area contributed by atoms with Crippen LogP contribution in [0.4, 0.5) is 8.78 Å². The van der Waals surface area contributed by atoms with Gasteiger partial charge < -0.3 is 14.0 Å². The summed E-state index contributed by atoms with van der Waals surface area (Å²) in [6, 6.07) is 12.8. The molecule has 328 valence electrons. The number of nitrogens with one attached hydrogen (secondary N) is 1. The number of nitrogens with zero attached hydrogens (tertiary/aromatic N) is 9. The van der Waals surface area contributed by atoms with E-state index in [-0.39, 0.29) is 17.3 Å². The van der Waals surface area contributed by atoms with Crippen molar-refractivity contribution in [2.24, 2.45) is 7.05 Å². The second kappa shape index (κ2) is 14.2. The summed E-state index contributed by atoms with van der Waals surface area (Å²) in [6.45, 7) is 12.6. The molecule has 14 nitrogen and oxygen atoms in total. The van der Waals surface area contributed by atoms with E-state index in [4.69, 9.17) is 19.3 Å². The van der Waals surface area contributed by atoms with E-state index in [0.29, 0.717) is 100 Å². The number of aromatic amines is 1. The average molecular weight is 867 g/mol. The molecule has 1 N–H and O–H groups in total. The summed E-state index contributed by atoms with van der Waals surface area (Å²) in [6.07, 6.45) is 8.70. The molecule has 11 rings (SSSR count). The van der Waals surface area contributed by atoms with Crippen molar-refractivity contribution in [3.63, 3.8) is 0 Å². The number of aromatic nitrogens is 9. The molecule has 2 atom stereocenters. The summed E-state index contributed by atoms with van der Waals surface area (Å²) in [5, 5.41) is 14.0. The lowest BCUT2D eigenvalue weighted by Gasteiger charge is -2.35. The van der Waals surface area contributed by atoms with Gasteiger partial charge in [-0.25, -0.2) is 23.2 Å². The molecule has 0 spiro atoms. The van der Waals surface area contributed by atoms with Crippen molar-refractivity contribution in [2.45, 2.75) is 96.6 Å². The Morgan fingerprint density at radius 2 is 1.80 bits per heavy atom. The van der Waals surface area contributed by atoms with Crippen LogP contribution in [0.1, 0.15) is 114 Å². The lowest BCUT2D eigenvalue weighted by molar-refractivity contribution is -0.0593. The van der Waals surface area contributed by atoms with Crippen LogP contribution in [0.3, 0.4) is 0 Å². The maximum Gasteiger partial charge on any atom is 0.438 e. The van der Waals surface area contributed by atoms with E-state index in [1.54, 1.807) is 59.4 Å². The fourth-order valence-corrected chi connectivity index (χ4v) is 10.6. The Hall–Kier alpha value is -6.68. The van der Waals surface area contributed by atoms with Crippen LogP contribution in [0.25, 0.3) is 39.2 Å². The lowest BCUT2D eigenvalue weighted by Crippen LogP contribution is -2.39. The number of amides is 1. The zero-order chi connectivity index (χ0) is 44.6. The Morgan fingerprint density at radius 1 is 1.02 bits per heavy atom. The van der Waals surface area contributed by atoms with E-state index in [2.05, 4.69) is 45.6 Å². The number of benzene rings is 2. The van der Waals surface area contributed by atoms with Gasteiger partial charge in [-0.3, -0.25) is 23.6 Å². The van der Waals surface area contributed by atoms with Crippen molar-refractivity contribution < 1.29 is 22.8 Å². The van der Waals surface area contributed by atoms with Gasteiger partial charge in [-0.05, 0) is 132 Å². The predicted molar refractivity (Wildman–Crippen MR) is 234 cm³/mol. The number of rotatable bonds is 7. The maximum absolute atomic E-state index is 16.2. The van der Waals surface area contributed by atoms with Gasteiger partial charge in [-0.15, -0.1) is 0 Å². The Bertz CT molecular complexity index is 3260. The summed E-state index contributed by atoms with van der Waals surface area (Å²) >= 11 is 0. The molecule has 1 amide bonds. The minimum absolute atomic E-state index is 0.177. The van der Waals surface area contributed by atoms with Crippen LogP contribution in [-0.4, -0.2) is 73.2 Å². The molecule has 2 aliphatic heterocycles. The SMILES string of the molecule is Cc1cc(-n2nc3c(c2-c2ncn(-c4ccc5c(cnn5C)c4F)c2C)[C@H](C)N(C(=O)c2cc4cc([C@H]5CCOC(C)(C)C5)ccn4c2C2(c4noc(=O)[nH]4)CC2)CC3)cc(C)c1F. The number of ether oxygens (including phenoxy) is 1. The van der Waals surface area contributed by atoms with E-state index < -0.39 is 23.0 Å². The number of imidazole rings is 1. The molecule has 1 aliphatic carbocycles. The molecule has 2 fully saturated rings. The second-order valence-electron chi connectivity index (χ2n) is 18.6. The highest BCUT2D eigenvalue weighted by Gasteiger charge is 2.54. The van der Waals surface area contributed by atoms with Gasteiger partial charge in [0.25, 0.3) is 5.91 Å². The number of hydrogen-bond donors (Lipinski definition) is 1. The molecule has 0 bridgehead atoms. The molecule has 0 radical (unpaired) electrons. The van der Waals surface area contributed by atoms with Gasteiger partial charge in [-0.2, -0.15) is 10.2 Å². The van der Waals surface area contributed by atoms with Crippen LogP contribution in [0, 0.1) is 32.4 Å². The minimum atomic E-state index is -0.734.